The zero-order chi connectivity index (χ0) is 13.0. The summed E-state index contributed by atoms with van der Waals surface area (Å²) in [6, 6.07) is 5.09. The fourth-order valence-corrected chi connectivity index (χ4v) is 2.26. The third-order valence-electron chi connectivity index (χ3n) is 3.00. The molecule has 0 bridgehead atoms. The molecule has 1 rings (SSSR count). The molecule has 1 aromatic carbocycles. The van der Waals surface area contributed by atoms with E-state index in [4.69, 9.17) is 5.73 Å². The van der Waals surface area contributed by atoms with Crippen molar-refractivity contribution in [1.29, 1.82) is 0 Å². The van der Waals surface area contributed by atoms with E-state index in [2.05, 4.69) is 25.8 Å². The lowest BCUT2D eigenvalue weighted by atomic mass is 9.99. The summed E-state index contributed by atoms with van der Waals surface area (Å²) in [6.45, 7) is 7.84. The van der Waals surface area contributed by atoms with Crippen molar-refractivity contribution in [1.82, 2.24) is 4.90 Å². The maximum absolute atomic E-state index is 13.1. The summed E-state index contributed by atoms with van der Waals surface area (Å²) in [5, 5.41) is 0. The van der Waals surface area contributed by atoms with E-state index in [1.165, 1.54) is 6.07 Å². The summed E-state index contributed by atoms with van der Waals surface area (Å²) in [5.41, 5.74) is 7.94. The van der Waals surface area contributed by atoms with Crippen LogP contribution in [0.3, 0.4) is 0 Å². The smallest absolute Gasteiger partial charge is 0.123 e. The van der Waals surface area contributed by atoms with Crippen LogP contribution in [0.5, 0.6) is 0 Å². The molecule has 0 aliphatic rings. The van der Waals surface area contributed by atoms with E-state index in [-0.39, 0.29) is 11.9 Å². The van der Waals surface area contributed by atoms with E-state index >= 15 is 0 Å². The van der Waals surface area contributed by atoms with Gasteiger partial charge in [-0.25, -0.2) is 4.39 Å². The SMILES string of the molecule is Cc1cc(F)ccc1C(CN)N(C)CC(C)C. The Labute approximate surface area is 104 Å². The highest BCUT2D eigenvalue weighted by atomic mass is 19.1. The largest absolute Gasteiger partial charge is 0.329 e. The van der Waals surface area contributed by atoms with Gasteiger partial charge >= 0.3 is 0 Å². The number of rotatable bonds is 5. The number of nitrogens with two attached hydrogens (primary N) is 1. The fourth-order valence-electron chi connectivity index (χ4n) is 2.26. The third kappa shape index (κ3) is 3.79. The van der Waals surface area contributed by atoms with Gasteiger partial charge in [0.2, 0.25) is 0 Å². The number of nitrogens with zero attached hydrogens (tertiary/aromatic N) is 1. The van der Waals surface area contributed by atoms with E-state index in [1.54, 1.807) is 6.07 Å². The Morgan fingerprint density at radius 3 is 2.47 bits per heavy atom. The van der Waals surface area contributed by atoms with Crippen molar-refractivity contribution in [2.24, 2.45) is 11.7 Å². The molecule has 2 nitrogen and oxygen atoms in total. The monoisotopic (exact) mass is 238 g/mol. The Morgan fingerprint density at radius 1 is 1.35 bits per heavy atom. The second-order valence-electron chi connectivity index (χ2n) is 5.09. The predicted octanol–water partition coefficient (Wildman–Crippen LogP) is 2.72. The van der Waals surface area contributed by atoms with Crippen molar-refractivity contribution in [2.75, 3.05) is 20.1 Å². The van der Waals surface area contributed by atoms with Gasteiger partial charge in [0, 0.05) is 19.1 Å². The second kappa shape index (κ2) is 6.12. The van der Waals surface area contributed by atoms with Crippen LogP contribution < -0.4 is 5.73 Å². The van der Waals surface area contributed by atoms with Gasteiger partial charge in [0.15, 0.2) is 0 Å². The first-order valence-electron chi connectivity index (χ1n) is 6.12. The van der Waals surface area contributed by atoms with Gasteiger partial charge in [0.25, 0.3) is 0 Å². The summed E-state index contributed by atoms with van der Waals surface area (Å²) >= 11 is 0. The molecule has 1 unspecified atom stereocenters. The van der Waals surface area contributed by atoms with Crippen molar-refractivity contribution in [2.45, 2.75) is 26.8 Å². The maximum Gasteiger partial charge on any atom is 0.123 e. The topological polar surface area (TPSA) is 29.3 Å². The van der Waals surface area contributed by atoms with Crippen LogP contribution in [0, 0.1) is 18.7 Å². The molecular formula is C14H23FN2. The molecular weight excluding hydrogens is 215 g/mol. The van der Waals surface area contributed by atoms with E-state index in [0.29, 0.717) is 12.5 Å². The molecule has 0 radical (unpaired) electrons. The lowest BCUT2D eigenvalue weighted by Crippen LogP contribution is -2.33. The normalized spacial score (nSPS) is 13.4. The highest BCUT2D eigenvalue weighted by Crippen LogP contribution is 2.23. The van der Waals surface area contributed by atoms with Crippen LogP contribution in [0.1, 0.15) is 31.0 Å². The Kier molecular flexibility index (Phi) is 5.09. The molecule has 0 saturated heterocycles. The first kappa shape index (κ1) is 14.1. The van der Waals surface area contributed by atoms with E-state index in [1.807, 2.05) is 13.0 Å². The molecule has 0 fully saturated rings. The average Bonchev–Trinajstić information content (AvgIpc) is 2.21. The molecule has 0 amide bonds. The maximum atomic E-state index is 13.1. The Bertz CT molecular complexity index is 363. The molecule has 2 N–H and O–H groups in total. The van der Waals surface area contributed by atoms with Gasteiger partial charge in [-0.05, 0) is 43.1 Å². The molecule has 3 heteroatoms. The summed E-state index contributed by atoms with van der Waals surface area (Å²) in [5.74, 6) is 0.406. The number of benzene rings is 1. The van der Waals surface area contributed by atoms with E-state index in [9.17, 15) is 4.39 Å². The zero-order valence-electron chi connectivity index (χ0n) is 11.2. The van der Waals surface area contributed by atoms with Crippen LogP contribution in [-0.2, 0) is 0 Å². The van der Waals surface area contributed by atoms with Crippen LogP contribution in [0.15, 0.2) is 18.2 Å². The van der Waals surface area contributed by atoms with Gasteiger partial charge in [-0.2, -0.15) is 0 Å². The minimum absolute atomic E-state index is 0.165. The molecule has 0 heterocycles. The van der Waals surface area contributed by atoms with Crippen LogP contribution >= 0.6 is 0 Å². The molecule has 17 heavy (non-hydrogen) atoms. The van der Waals surface area contributed by atoms with Crippen molar-refractivity contribution in [3.63, 3.8) is 0 Å². The number of likely N-dealkylation sites (N-methyl/N-ethyl adjacent to an activating group) is 1. The van der Waals surface area contributed by atoms with Gasteiger partial charge in [0.1, 0.15) is 5.82 Å². The first-order chi connectivity index (χ1) is 7.95. The van der Waals surface area contributed by atoms with Gasteiger partial charge in [-0.3, -0.25) is 4.90 Å². The predicted molar refractivity (Wildman–Crippen MR) is 70.4 cm³/mol. The molecule has 96 valence electrons. The number of hydrogen-bond donors (Lipinski definition) is 1. The highest BCUT2D eigenvalue weighted by Gasteiger charge is 2.18. The summed E-state index contributed by atoms with van der Waals surface area (Å²) < 4.78 is 13.1. The average molecular weight is 238 g/mol. The summed E-state index contributed by atoms with van der Waals surface area (Å²) in [4.78, 5) is 2.24. The third-order valence-corrected chi connectivity index (χ3v) is 3.00. The quantitative estimate of drug-likeness (QED) is 0.854. The van der Waals surface area contributed by atoms with Gasteiger partial charge < -0.3 is 5.73 Å². The molecule has 0 spiro atoms. The number of hydrogen-bond acceptors (Lipinski definition) is 2. The zero-order valence-corrected chi connectivity index (χ0v) is 11.2. The van der Waals surface area contributed by atoms with Crippen LogP contribution in [0.2, 0.25) is 0 Å². The van der Waals surface area contributed by atoms with E-state index < -0.39 is 0 Å². The minimum atomic E-state index is -0.187. The van der Waals surface area contributed by atoms with E-state index in [0.717, 1.165) is 17.7 Å². The van der Waals surface area contributed by atoms with Gasteiger partial charge in [-0.15, -0.1) is 0 Å². The van der Waals surface area contributed by atoms with Crippen molar-refractivity contribution in [3.05, 3.63) is 35.1 Å². The molecule has 1 aromatic rings. The second-order valence-corrected chi connectivity index (χ2v) is 5.09. The molecule has 0 saturated carbocycles. The van der Waals surface area contributed by atoms with Crippen molar-refractivity contribution < 1.29 is 4.39 Å². The Balaban J connectivity index is 2.93. The molecule has 1 atom stereocenters. The molecule has 0 aromatic heterocycles. The van der Waals surface area contributed by atoms with Crippen molar-refractivity contribution >= 4 is 0 Å². The Hall–Kier alpha value is -0.930. The highest BCUT2D eigenvalue weighted by molar-refractivity contribution is 5.29. The van der Waals surface area contributed by atoms with Crippen LogP contribution in [-0.4, -0.2) is 25.0 Å². The summed E-state index contributed by atoms with van der Waals surface area (Å²) in [6.07, 6.45) is 0. The first-order valence-corrected chi connectivity index (χ1v) is 6.12. The molecule has 0 aliphatic heterocycles. The van der Waals surface area contributed by atoms with Gasteiger partial charge in [-0.1, -0.05) is 19.9 Å². The number of aryl methyl sites for hydroxylation is 1. The minimum Gasteiger partial charge on any atom is -0.329 e. The number of halogens is 1. The lowest BCUT2D eigenvalue weighted by Gasteiger charge is -2.29. The Morgan fingerprint density at radius 2 is 2.00 bits per heavy atom. The molecule has 0 aliphatic carbocycles. The summed E-state index contributed by atoms with van der Waals surface area (Å²) in [7, 11) is 2.07. The van der Waals surface area contributed by atoms with Gasteiger partial charge in [0.05, 0.1) is 0 Å². The van der Waals surface area contributed by atoms with Crippen molar-refractivity contribution in [3.8, 4) is 0 Å². The standard InChI is InChI=1S/C14H23FN2/c1-10(2)9-17(4)14(8-16)13-6-5-12(15)7-11(13)3/h5-7,10,14H,8-9,16H2,1-4H3. The fraction of sp³-hybridized carbons (Fsp3) is 0.571. The van der Waals surface area contributed by atoms with Crippen LogP contribution in [0.4, 0.5) is 4.39 Å². The lowest BCUT2D eigenvalue weighted by molar-refractivity contribution is 0.223. The van der Waals surface area contributed by atoms with Crippen LogP contribution in [0.25, 0.3) is 0 Å².